The van der Waals surface area contributed by atoms with Gasteiger partial charge in [0.15, 0.2) is 0 Å². The molecule has 0 saturated heterocycles. The Balaban J connectivity index is 2.52. The lowest BCUT2D eigenvalue weighted by molar-refractivity contribution is 1.51. The molecule has 0 unspecified atom stereocenters. The molecule has 2 aromatic carbocycles. The number of benzene rings is 2. The fourth-order valence-electron chi connectivity index (χ4n) is 2.66. The zero-order chi connectivity index (χ0) is 11.8. The molecule has 0 spiro atoms. The first-order chi connectivity index (χ1) is 8.33. The fraction of sp³-hybridized carbons (Fsp3) is 0.0588. The molecule has 17 heavy (non-hydrogen) atoms. The summed E-state index contributed by atoms with van der Waals surface area (Å²) in [5.41, 5.74) is 5.41. The first kappa shape index (κ1) is 10.1. The lowest BCUT2D eigenvalue weighted by Crippen LogP contribution is -2.25. The van der Waals surface area contributed by atoms with Crippen LogP contribution in [0.3, 0.4) is 0 Å². The minimum Gasteiger partial charge on any atom is -0.0990 e. The van der Waals surface area contributed by atoms with E-state index >= 15 is 0 Å². The lowest BCUT2D eigenvalue weighted by atomic mass is 10.0. The van der Waals surface area contributed by atoms with Crippen LogP contribution >= 0.6 is 0 Å². The highest BCUT2D eigenvalue weighted by Gasteiger charge is 2.15. The van der Waals surface area contributed by atoms with E-state index in [9.17, 15) is 0 Å². The molecule has 0 aliphatic heterocycles. The van der Waals surface area contributed by atoms with E-state index in [-0.39, 0.29) is 0 Å². The van der Waals surface area contributed by atoms with Gasteiger partial charge >= 0.3 is 0 Å². The topological polar surface area (TPSA) is 0 Å². The van der Waals surface area contributed by atoms with Crippen LogP contribution < -0.4 is 10.4 Å². The Hall–Kier alpha value is -2.08. The van der Waals surface area contributed by atoms with Crippen molar-refractivity contribution < 1.29 is 0 Å². The van der Waals surface area contributed by atoms with Crippen LogP contribution in [0.5, 0.6) is 0 Å². The average molecular weight is 218 g/mol. The van der Waals surface area contributed by atoms with Crippen LogP contribution in [0.2, 0.25) is 0 Å². The predicted octanol–water partition coefficient (Wildman–Crippen LogP) is 2.85. The largest absolute Gasteiger partial charge is 0.0990 e. The van der Waals surface area contributed by atoms with Crippen LogP contribution in [-0.2, 0) is 0 Å². The van der Waals surface area contributed by atoms with E-state index in [2.05, 4.69) is 62.0 Å². The molecule has 0 fully saturated rings. The van der Waals surface area contributed by atoms with Gasteiger partial charge in [0.2, 0.25) is 0 Å². The van der Waals surface area contributed by atoms with Crippen molar-refractivity contribution in [2.45, 2.75) is 6.92 Å². The Morgan fingerprint density at radius 2 is 1.59 bits per heavy atom. The number of hydrogen-bond acceptors (Lipinski definition) is 0. The van der Waals surface area contributed by atoms with E-state index in [1.54, 1.807) is 0 Å². The van der Waals surface area contributed by atoms with Gasteiger partial charge in [0, 0.05) is 0 Å². The SMILES string of the molecule is C=C/C=c1/cccc2c1=C(C)c1ccccc1-2. The highest BCUT2D eigenvalue weighted by molar-refractivity contribution is 5.88. The molecule has 3 rings (SSSR count). The summed E-state index contributed by atoms with van der Waals surface area (Å²) in [6.07, 6.45) is 3.93. The molecule has 1 aliphatic carbocycles. The smallest absolute Gasteiger partial charge is 0.00697 e. The van der Waals surface area contributed by atoms with Gasteiger partial charge in [-0.05, 0) is 39.6 Å². The molecule has 82 valence electrons. The maximum Gasteiger partial charge on any atom is -0.00697 e. The van der Waals surface area contributed by atoms with Crippen LogP contribution in [0.1, 0.15) is 12.5 Å². The predicted molar refractivity (Wildman–Crippen MR) is 74.0 cm³/mol. The van der Waals surface area contributed by atoms with Crippen LogP contribution in [0, 0.1) is 0 Å². The molecule has 0 amide bonds. The fourth-order valence-corrected chi connectivity index (χ4v) is 2.66. The summed E-state index contributed by atoms with van der Waals surface area (Å²) in [4.78, 5) is 0. The molecular formula is C17H14. The van der Waals surface area contributed by atoms with Gasteiger partial charge in [-0.3, -0.25) is 0 Å². The summed E-state index contributed by atoms with van der Waals surface area (Å²) in [7, 11) is 0. The molecular weight excluding hydrogens is 204 g/mol. The first-order valence-electron chi connectivity index (χ1n) is 5.85. The van der Waals surface area contributed by atoms with Crippen LogP contribution in [-0.4, -0.2) is 0 Å². The van der Waals surface area contributed by atoms with Gasteiger partial charge in [-0.2, -0.15) is 0 Å². The first-order valence-corrected chi connectivity index (χ1v) is 5.85. The highest BCUT2D eigenvalue weighted by Crippen LogP contribution is 2.29. The van der Waals surface area contributed by atoms with Gasteiger partial charge in [0.05, 0.1) is 0 Å². The van der Waals surface area contributed by atoms with Crippen LogP contribution in [0.25, 0.3) is 22.8 Å². The molecule has 0 N–H and O–H groups in total. The Bertz CT molecular complexity index is 718. The maximum atomic E-state index is 3.79. The number of allylic oxidation sites excluding steroid dienone is 1. The summed E-state index contributed by atoms with van der Waals surface area (Å²) in [5, 5.41) is 2.61. The van der Waals surface area contributed by atoms with Crippen molar-refractivity contribution in [2.75, 3.05) is 0 Å². The normalized spacial score (nSPS) is 13.5. The van der Waals surface area contributed by atoms with E-state index in [4.69, 9.17) is 0 Å². The van der Waals surface area contributed by atoms with Crippen molar-refractivity contribution in [1.29, 1.82) is 0 Å². The third kappa shape index (κ3) is 1.38. The molecule has 0 bridgehead atoms. The second-order valence-corrected chi connectivity index (χ2v) is 4.34. The van der Waals surface area contributed by atoms with Gasteiger partial charge in [0.25, 0.3) is 0 Å². The van der Waals surface area contributed by atoms with E-state index in [1.807, 2.05) is 6.08 Å². The van der Waals surface area contributed by atoms with Gasteiger partial charge in [-0.1, -0.05) is 61.2 Å². The Morgan fingerprint density at radius 1 is 0.882 bits per heavy atom. The monoisotopic (exact) mass is 218 g/mol. The molecule has 2 aromatic rings. The van der Waals surface area contributed by atoms with Gasteiger partial charge in [-0.15, -0.1) is 0 Å². The summed E-state index contributed by atoms with van der Waals surface area (Å²) < 4.78 is 0. The molecule has 0 radical (unpaired) electrons. The van der Waals surface area contributed by atoms with Crippen LogP contribution in [0.4, 0.5) is 0 Å². The Kier molecular flexibility index (Phi) is 2.22. The second kappa shape index (κ2) is 3.74. The second-order valence-electron chi connectivity index (χ2n) is 4.34. The standard InChI is InChI=1S/C17H14/c1-3-7-13-8-6-11-16-15-10-5-4-9-14(15)12(2)17(13)16/h3-11H,1H2,2H3/b13-7-. The molecule has 0 atom stereocenters. The van der Waals surface area contributed by atoms with E-state index < -0.39 is 0 Å². The molecule has 0 heteroatoms. The molecule has 1 aliphatic rings. The van der Waals surface area contributed by atoms with E-state index in [1.165, 1.54) is 32.7 Å². The Morgan fingerprint density at radius 3 is 2.35 bits per heavy atom. The zero-order valence-electron chi connectivity index (χ0n) is 9.90. The third-order valence-corrected chi connectivity index (χ3v) is 3.39. The molecule has 0 heterocycles. The minimum atomic E-state index is 1.26. The zero-order valence-corrected chi connectivity index (χ0v) is 9.90. The van der Waals surface area contributed by atoms with E-state index in [0.717, 1.165) is 0 Å². The van der Waals surface area contributed by atoms with Crippen molar-refractivity contribution in [3.63, 3.8) is 0 Å². The maximum absolute atomic E-state index is 3.79. The Labute approximate surface area is 101 Å². The van der Waals surface area contributed by atoms with Gasteiger partial charge in [0.1, 0.15) is 0 Å². The average Bonchev–Trinajstić information content (AvgIpc) is 2.66. The minimum absolute atomic E-state index is 1.26. The van der Waals surface area contributed by atoms with Crippen molar-refractivity contribution in [1.82, 2.24) is 0 Å². The number of fused-ring (bicyclic) bond motifs is 3. The molecule has 0 nitrogen and oxygen atoms in total. The number of hydrogen-bond donors (Lipinski definition) is 0. The molecule has 0 aromatic heterocycles. The summed E-state index contributed by atoms with van der Waals surface area (Å²) in [6.45, 7) is 5.99. The van der Waals surface area contributed by atoms with Crippen LogP contribution in [0.15, 0.2) is 55.1 Å². The van der Waals surface area contributed by atoms with Crippen molar-refractivity contribution in [2.24, 2.45) is 0 Å². The van der Waals surface area contributed by atoms with Crippen molar-refractivity contribution >= 4 is 11.6 Å². The third-order valence-electron chi connectivity index (χ3n) is 3.39. The van der Waals surface area contributed by atoms with Gasteiger partial charge in [-0.25, -0.2) is 0 Å². The quantitative estimate of drug-likeness (QED) is 0.690. The number of rotatable bonds is 1. The summed E-state index contributed by atoms with van der Waals surface area (Å²) in [6, 6.07) is 15.1. The van der Waals surface area contributed by atoms with Crippen molar-refractivity contribution in [3.8, 4) is 11.1 Å². The van der Waals surface area contributed by atoms with Gasteiger partial charge < -0.3 is 0 Å². The van der Waals surface area contributed by atoms with Crippen molar-refractivity contribution in [3.05, 3.63) is 71.1 Å². The highest BCUT2D eigenvalue weighted by atomic mass is 14.2. The summed E-state index contributed by atoms with van der Waals surface area (Å²) in [5.74, 6) is 0. The summed E-state index contributed by atoms with van der Waals surface area (Å²) >= 11 is 0. The van der Waals surface area contributed by atoms with E-state index in [0.29, 0.717) is 0 Å². The molecule has 0 saturated carbocycles. The lowest BCUT2D eigenvalue weighted by Gasteiger charge is -2.00.